The minimum absolute atomic E-state index is 0.294. The molecule has 1 aromatic heterocycles. The van der Waals surface area contributed by atoms with Crippen LogP contribution in [0.15, 0.2) is 14.3 Å². The third kappa shape index (κ3) is 2.53. The molecule has 5 heteroatoms. The summed E-state index contributed by atoms with van der Waals surface area (Å²) in [5, 5.41) is 3.38. The van der Waals surface area contributed by atoms with E-state index in [-0.39, 0.29) is 0 Å². The van der Waals surface area contributed by atoms with Crippen molar-refractivity contribution in [3.05, 3.63) is 19.2 Å². The lowest BCUT2D eigenvalue weighted by molar-refractivity contribution is 0.0641. The number of halogens is 2. The van der Waals surface area contributed by atoms with Crippen LogP contribution in [-0.2, 0) is 4.74 Å². The summed E-state index contributed by atoms with van der Waals surface area (Å²) in [6.07, 6.45) is 1.46. The van der Waals surface area contributed by atoms with E-state index in [4.69, 9.17) is 4.74 Å². The van der Waals surface area contributed by atoms with Gasteiger partial charge in [0.05, 0.1) is 15.9 Å². The van der Waals surface area contributed by atoms with Crippen LogP contribution in [0.5, 0.6) is 0 Å². The van der Waals surface area contributed by atoms with Gasteiger partial charge in [-0.2, -0.15) is 0 Å². The Balaban J connectivity index is 2.21. The Bertz CT molecular complexity index is 349. The molecule has 1 N–H and O–H groups in total. The Morgan fingerprint density at radius 2 is 2.31 bits per heavy atom. The van der Waals surface area contributed by atoms with Crippen molar-refractivity contribution in [3.8, 4) is 0 Å². The Hall–Kier alpha value is 0.580. The van der Waals surface area contributed by atoms with Crippen LogP contribution in [0.1, 0.15) is 24.3 Å². The maximum absolute atomic E-state index is 5.84. The normalized spacial score (nSPS) is 27.2. The molecular weight excluding hydrogens is 354 g/mol. The molecule has 1 saturated heterocycles. The molecule has 1 aromatic rings. The topological polar surface area (TPSA) is 21.3 Å². The summed E-state index contributed by atoms with van der Waals surface area (Å²) in [5.74, 6) is 0.622. The highest BCUT2D eigenvalue weighted by Crippen LogP contribution is 2.39. The minimum Gasteiger partial charge on any atom is -0.376 e. The van der Waals surface area contributed by atoms with E-state index in [0.717, 1.165) is 21.3 Å². The fraction of sp³-hybridized carbons (Fsp3) is 0.636. The van der Waals surface area contributed by atoms with Crippen LogP contribution in [-0.4, -0.2) is 19.8 Å². The van der Waals surface area contributed by atoms with Gasteiger partial charge >= 0.3 is 0 Å². The average Bonchev–Trinajstić information content (AvgIpc) is 2.78. The van der Waals surface area contributed by atoms with Gasteiger partial charge in [-0.15, -0.1) is 11.3 Å². The van der Waals surface area contributed by atoms with Crippen molar-refractivity contribution in [2.24, 2.45) is 5.92 Å². The Labute approximate surface area is 117 Å². The maximum Gasteiger partial charge on any atom is 0.0843 e. The summed E-state index contributed by atoms with van der Waals surface area (Å²) in [4.78, 5) is 1.32. The molecule has 0 saturated carbocycles. The molecule has 90 valence electrons. The van der Waals surface area contributed by atoms with Crippen molar-refractivity contribution in [3.63, 3.8) is 0 Å². The quantitative estimate of drug-likeness (QED) is 0.871. The first kappa shape index (κ1) is 13.0. The van der Waals surface area contributed by atoms with E-state index in [2.05, 4.69) is 50.2 Å². The lowest BCUT2D eigenvalue weighted by atomic mass is 9.97. The molecule has 0 aliphatic carbocycles. The summed E-state index contributed by atoms with van der Waals surface area (Å²) < 4.78 is 8.11. The van der Waals surface area contributed by atoms with Crippen LogP contribution in [0.3, 0.4) is 0 Å². The lowest BCUT2D eigenvalue weighted by Crippen LogP contribution is -2.31. The summed E-state index contributed by atoms with van der Waals surface area (Å²) in [6, 6.07) is 2.47. The monoisotopic (exact) mass is 367 g/mol. The van der Waals surface area contributed by atoms with Crippen molar-refractivity contribution in [1.29, 1.82) is 0 Å². The second-order valence-corrected chi connectivity index (χ2v) is 7.39. The standard InChI is InChI=1S/C11H15Br2NOS/c1-6-3-4-15-10(6)9(14-2)8-5-7(12)11(13)16-8/h5-6,9-10,14H,3-4H2,1-2H3. The zero-order valence-electron chi connectivity index (χ0n) is 9.30. The third-order valence-electron chi connectivity index (χ3n) is 3.05. The van der Waals surface area contributed by atoms with Crippen LogP contribution in [0.2, 0.25) is 0 Å². The minimum atomic E-state index is 0.294. The van der Waals surface area contributed by atoms with Crippen LogP contribution in [0.25, 0.3) is 0 Å². The van der Waals surface area contributed by atoms with Gasteiger partial charge in [0.1, 0.15) is 0 Å². The molecule has 0 aromatic carbocycles. The predicted octanol–water partition coefficient (Wildman–Crippen LogP) is 3.96. The molecule has 3 atom stereocenters. The fourth-order valence-corrected chi connectivity index (χ4v) is 4.36. The van der Waals surface area contributed by atoms with Gasteiger partial charge in [-0.1, -0.05) is 6.92 Å². The molecule has 0 bridgehead atoms. The third-order valence-corrected chi connectivity index (χ3v) is 6.39. The van der Waals surface area contributed by atoms with Crippen LogP contribution in [0, 0.1) is 5.92 Å². The van der Waals surface area contributed by atoms with E-state index in [9.17, 15) is 0 Å². The van der Waals surface area contributed by atoms with Gasteiger partial charge in [0.2, 0.25) is 0 Å². The molecule has 1 aliphatic heterocycles. The second-order valence-electron chi connectivity index (χ2n) is 4.14. The van der Waals surface area contributed by atoms with Crippen LogP contribution < -0.4 is 5.32 Å². The van der Waals surface area contributed by atoms with E-state index in [1.807, 2.05) is 7.05 Å². The number of hydrogen-bond donors (Lipinski definition) is 1. The van der Waals surface area contributed by atoms with Gasteiger partial charge in [-0.3, -0.25) is 0 Å². The van der Waals surface area contributed by atoms with Crippen LogP contribution >= 0.6 is 43.2 Å². The summed E-state index contributed by atoms with van der Waals surface area (Å²) >= 11 is 8.84. The fourth-order valence-electron chi connectivity index (χ4n) is 2.13. The van der Waals surface area contributed by atoms with Gasteiger partial charge < -0.3 is 10.1 Å². The van der Waals surface area contributed by atoms with E-state index < -0.39 is 0 Å². The van der Waals surface area contributed by atoms with Gasteiger partial charge in [-0.25, -0.2) is 0 Å². The number of ether oxygens (including phenoxy) is 1. The molecule has 1 aliphatic rings. The summed E-state index contributed by atoms with van der Waals surface area (Å²) in [5.41, 5.74) is 0. The zero-order valence-corrected chi connectivity index (χ0v) is 13.3. The molecule has 0 radical (unpaired) electrons. The largest absolute Gasteiger partial charge is 0.376 e. The average molecular weight is 369 g/mol. The number of nitrogens with one attached hydrogen (secondary N) is 1. The predicted molar refractivity (Wildman–Crippen MR) is 75.0 cm³/mol. The lowest BCUT2D eigenvalue weighted by Gasteiger charge is -2.24. The van der Waals surface area contributed by atoms with Gasteiger partial charge in [0, 0.05) is 16.0 Å². The van der Waals surface area contributed by atoms with Gasteiger partial charge in [0.15, 0.2) is 0 Å². The molecule has 1 fully saturated rings. The van der Waals surface area contributed by atoms with Crippen molar-refractivity contribution in [2.45, 2.75) is 25.5 Å². The first-order valence-corrected chi connectivity index (χ1v) is 7.77. The van der Waals surface area contributed by atoms with E-state index >= 15 is 0 Å². The van der Waals surface area contributed by atoms with Crippen LogP contribution in [0.4, 0.5) is 0 Å². The van der Waals surface area contributed by atoms with Gasteiger partial charge in [-0.05, 0) is 57.3 Å². The van der Waals surface area contributed by atoms with Gasteiger partial charge in [0.25, 0.3) is 0 Å². The van der Waals surface area contributed by atoms with Crippen molar-refractivity contribution >= 4 is 43.2 Å². The molecule has 2 nitrogen and oxygen atoms in total. The smallest absolute Gasteiger partial charge is 0.0843 e. The second kappa shape index (κ2) is 5.48. The SMILES string of the molecule is CNC(c1cc(Br)c(Br)s1)C1OCCC1C. The molecular formula is C11H15Br2NOS. The molecule has 0 amide bonds. The molecule has 2 rings (SSSR count). The summed E-state index contributed by atoms with van der Waals surface area (Å²) in [6.45, 7) is 3.15. The highest BCUT2D eigenvalue weighted by molar-refractivity contribution is 9.13. The Kier molecular flexibility index (Phi) is 4.46. The number of hydrogen-bond acceptors (Lipinski definition) is 3. The zero-order chi connectivity index (χ0) is 11.7. The van der Waals surface area contributed by atoms with Crippen molar-refractivity contribution in [1.82, 2.24) is 5.32 Å². The Morgan fingerprint density at radius 3 is 2.75 bits per heavy atom. The van der Waals surface area contributed by atoms with E-state index in [1.165, 1.54) is 4.88 Å². The van der Waals surface area contributed by atoms with E-state index in [0.29, 0.717) is 18.1 Å². The van der Waals surface area contributed by atoms with E-state index in [1.54, 1.807) is 11.3 Å². The molecule has 2 heterocycles. The first-order chi connectivity index (χ1) is 7.63. The molecule has 16 heavy (non-hydrogen) atoms. The number of rotatable bonds is 3. The molecule has 3 unspecified atom stereocenters. The first-order valence-electron chi connectivity index (χ1n) is 5.37. The van der Waals surface area contributed by atoms with Crippen molar-refractivity contribution < 1.29 is 4.74 Å². The van der Waals surface area contributed by atoms with Crippen molar-refractivity contribution in [2.75, 3.05) is 13.7 Å². The Morgan fingerprint density at radius 1 is 1.56 bits per heavy atom. The highest BCUT2D eigenvalue weighted by Gasteiger charge is 2.33. The maximum atomic E-state index is 5.84. The molecule has 0 spiro atoms. The number of thiophene rings is 1. The summed E-state index contributed by atoms with van der Waals surface area (Å²) in [7, 11) is 2.00. The highest BCUT2D eigenvalue weighted by atomic mass is 79.9. The number of likely N-dealkylation sites (N-methyl/N-ethyl adjacent to an activating group) is 1.